The molecule has 0 saturated heterocycles. The average Bonchev–Trinajstić information content (AvgIpc) is 2.74. The molecule has 0 N–H and O–H groups in total. The Morgan fingerprint density at radius 3 is 1.93 bits per heavy atom. The minimum absolute atomic E-state index is 0.00887. The predicted molar refractivity (Wildman–Crippen MR) is 106 cm³/mol. The van der Waals surface area contributed by atoms with Crippen molar-refractivity contribution in [2.45, 2.75) is 0 Å². The number of fused-ring (bicyclic) bond motifs is 3. The van der Waals surface area contributed by atoms with Gasteiger partial charge in [0, 0.05) is 11.1 Å². The van der Waals surface area contributed by atoms with Crippen LogP contribution in [-0.4, -0.2) is 26.0 Å². The molecular weight excluding hydrogens is 361 g/mol. The van der Waals surface area contributed by atoms with E-state index in [1.54, 1.807) is 36.4 Å². The summed E-state index contributed by atoms with van der Waals surface area (Å²) in [5.41, 5.74) is 2.70. The number of carbonyl (C=O) groups is 1. The summed E-state index contributed by atoms with van der Waals surface area (Å²) < 4.78 is 32.7. The van der Waals surface area contributed by atoms with Gasteiger partial charge in [-0.1, -0.05) is 48.5 Å². The SMILES string of the molecule is COc1ccc(N(/N=C2\C(=O)c3ccccc3-c3ccccc32)B(F)F)cc1. The van der Waals surface area contributed by atoms with E-state index in [0.29, 0.717) is 21.8 Å². The molecule has 0 bridgehead atoms. The Morgan fingerprint density at radius 1 is 0.821 bits per heavy atom. The molecule has 138 valence electrons. The standard InChI is InChI=1S/C21H15BF2N2O2/c1-28-15-12-10-14(11-13-15)26(22(23)24)25-20-18-8-4-2-6-16(18)17-7-3-5-9-19(17)21(20)27/h2-13H,1H3/b25-20-. The van der Waals surface area contributed by atoms with Crippen LogP contribution in [0.1, 0.15) is 15.9 Å². The largest absolute Gasteiger partial charge is 0.695 e. The smallest absolute Gasteiger partial charge is 0.497 e. The van der Waals surface area contributed by atoms with Gasteiger partial charge in [0.2, 0.25) is 5.78 Å². The molecule has 28 heavy (non-hydrogen) atoms. The Kier molecular flexibility index (Phi) is 4.65. The molecule has 4 rings (SSSR count). The average molecular weight is 376 g/mol. The molecule has 0 heterocycles. The van der Waals surface area contributed by atoms with E-state index in [1.165, 1.54) is 19.2 Å². The summed E-state index contributed by atoms with van der Waals surface area (Å²) in [6.07, 6.45) is 0. The lowest BCUT2D eigenvalue weighted by Crippen LogP contribution is -2.32. The first-order valence-corrected chi connectivity index (χ1v) is 8.63. The van der Waals surface area contributed by atoms with Gasteiger partial charge in [-0.05, 0) is 35.4 Å². The zero-order valence-electron chi connectivity index (χ0n) is 15.0. The number of hydrogen-bond acceptors (Lipinski definition) is 4. The molecule has 1 aliphatic rings. The number of benzene rings is 3. The van der Waals surface area contributed by atoms with Crippen LogP contribution in [-0.2, 0) is 0 Å². The van der Waals surface area contributed by atoms with E-state index in [0.717, 1.165) is 11.1 Å². The quantitative estimate of drug-likeness (QED) is 0.490. The summed E-state index contributed by atoms with van der Waals surface area (Å²) in [5, 5.41) is 4.09. The number of hydrazone groups is 1. The van der Waals surface area contributed by atoms with E-state index in [1.807, 2.05) is 24.3 Å². The number of hydrogen-bond donors (Lipinski definition) is 0. The van der Waals surface area contributed by atoms with E-state index in [-0.39, 0.29) is 17.2 Å². The first-order chi connectivity index (χ1) is 13.6. The Bertz CT molecular complexity index is 1070. The van der Waals surface area contributed by atoms with Gasteiger partial charge in [0.05, 0.1) is 12.8 Å². The monoisotopic (exact) mass is 376 g/mol. The maximum absolute atomic E-state index is 13.8. The highest BCUT2D eigenvalue weighted by Gasteiger charge is 2.32. The van der Waals surface area contributed by atoms with Crippen molar-refractivity contribution in [3.8, 4) is 16.9 Å². The highest BCUT2D eigenvalue weighted by molar-refractivity contribution is 6.56. The summed E-state index contributed by atoms with van der Waals surface area (Å²) >= 11 is 0. The van der Waals surface area contributed by atoms with Crippen LogP contribution in [0, 0.1) is 0 Å². The zero-order valence-corrected chi connectivity index (χ0v) is 15.0. The molecule has 7 heteroatoms. The second-order valence-corrected chi connectivity index (χ2v) is 6.19. The summed E-state index contributed by atoms with van der Waals surface area (Å²) in [4.78, 5) is 13.6. The van der Waals surface area contributed by atoms with Crippen molar-refractivity contribution in [2.24, 2.45) is 5.10 Å². The Balaban J connectivity index is 1.86. The third-order valence-electron chi connectivity index (χ3n) is 4.59. The van der Waals surface area contributed by atoms with Crippen LogP contribution < -0.4 is 9.66 Å². The fraction of sp³-hybridized carbons (Fsp3) is 0.0476. The van der Waals surface area contributed by atoms with Crippen molar-refractivity contribution in [3.05, 3.63) is 83.9 Å². The van der Waals surface area contributed by atoms with E-state index in [9.17, 15) is 13.4 Å². The lowest BCUT2D eigenvalue weighted by atomic mass is 9.83. The third kappa shape index (κ3) is 3.05. The minimum atomic E-state index is -2.92. The van der Waals surface area contributed by atoms with Crippen LogP contribution in [0.15, 0.2) is 77.9 Å². The Morgan fingerprint density at radius 2 is 1.36 bits per heavy atom. The number of anilines is 1. The summed E-state index contributed by atoms with van der Waals surface area (Å²) in [6, 6.07) is 20.4. The third-order valence-corrected chi connectivity index (χ3v) is 4.59. The van der Waals surface area contributed by atoms with Crippen LogP contribution in [0.2, 0.25) is 0 Å². The number of halogens is 2. The normalized spacial score (nSPS) is 13.7. The Hall–Kier alpha value is -3.48. The number of ketones is 1. The fourth-order valence-corrected chi connectivity index (χ4v) is 3.25. The van der Waals surface area contributed by atoms with Gasteiger partial charge in [-0.15, -0.1) is 0 Å². The van der Waals surface area contributed by atoms with Gasteiger partial charge >= 0.3 is 7.40 Å². The number of rotatable bonds is 4. The second kappa shape index (κ2) is 7.27. The molecule has 4 nitrogen and oxygen atoms in total. The maximum atomic E-state index is 13.8. The van der Waals surface area contributed by atoms with Crippen LogP contribution in [0.5, 0.6) is 5.75 Å². The molecular formula is C21H15BF2N2O2. The molecule has 3 aromatic carbocycles. The molecule has 0 spiro atoms. The van der Waals surface area contributed by atoms with Gasteiger partial charge in [0.1, 0.15) is 11.5 Å². The van der Waals surface area contributed by atoms with E-state index < -0.39 is 7.40 Å². The zero-order chi connectivity index (χ0) is 19.7. The van der Waals surface area contributed by atoms with E-state index >= 15 is 0 Å². The lowest BCUT2D eigenvalue weighted by Gasteiger charge is -2.23. The number of ether oxygens (including phenoxy) is 1. The molecule has 0 atom stereocenters. The van der Waals surface area contributed by atoms with Crippen LogP contribution in [0.3, 0.4) is 0 Å². The summed E-state index contributed by atoms with van der Waals surface area (Å²) in [7, 11) is -1.42. The first kappa shape index (κ1) is 17.9. The summed E-state index contributed by atoms with van der Waals surface area (Å²) in [6.45, 7) is 0. The number of methoxy groups -OCH3 is 1. The van der Waals surface area contributed by atoms with Gasteiger partial charge in [-0.3, -0.25) is 13.4 Å². The van der Waals surface area contributed by atoms with Gasteiger partial charge in [-0.25, -0.2) is 4.92 Å². The molecule has 3 aromatic rings. The number of Topliss-reactive ketones (excluding diaryl/α,β-unsaturated/α-hetero) is 1. The minimum Gasteiger partial charge on any atom is -0.497 e. The van der Waals surface area contributed by atoms with Gasteiger partial charge in [0.25, 0.3) is 0 Å². The number of carbonyl (C=O) groups excluding carboxylic acids is 1. The molecule has 0 fully saturated rings. The van der Waals surface area contributed by atoms with Crippen LogP contribution >= 0.6 is 0 Å². The van der Waals surface area contributed by atoms with Crippen LogP contribution in [0.4, 0.5) is 14.3 Å². The summed E-state index contributed by atoms with van der Waals surface area (Å²) in [5.74, 6) is 0.159. The van der Waals surface area contributed by atoms with E-state index in [4.69, 9.17) is 4.74 Å². The van der Waals surface area contributed by atoms with Crippen LogP contribution in [0.25, 0.3) is 11.1 Å². The number of nitrogens with zero attached hydrogens (tertiary/aromatic N) is 2. The van der Waals surface area contributed by atoms with E-state index in [2.05, 4.69) is 5.10 Å². The molecule has 0 amide bonds. The van der Waals surface area contributed by atoms with Crippen molar-refractivity contribution in [3.63, 3.8) is 0 Å². The van der Waals surface area contributed by atoms with Gasteiger partial charge in [0.15, 0.2) is 0 Å². The molecule has 0 unspecified atom stereocenters. The topological polar surface area (TPSA) is 41.9 Å². The molecule has 1 aliphatic carbocycles. The molecule has 0 radical (unpaired) electrons. The van der Waals surface area contributed by atoms with Crippen molar-refractivity contribution in [1.29, 1.82) is 0 Å². The second-order valence-electron chi connectivity index (χ2n) is 6.19. The van der Waals surface area contributed by atoms with Crippen molar-refractivity contribution >= 4 is 24.6 Å². The molecule has 0 saturated carbocycles. The van der Waals surface area contributed by atoms with Gasteiger partial charge in [-0.2, -0.15) is 5.10 Å². The van der Waals surface area contributed by atoms with Crippen molar-refractivity contribution in [2.75, 3.05) is 12.0 Å². The lowest BCUT2D eigenvalue weighted by molar-refractivity contribution is 0.106. The highest BCUT2D eigenvalue weighted by atomic mass is 19.2. The predicted octanol–water partition coefficient (Wildman–Crippen LogP) is 4.69. The van der Waals surface area contributed by atoms with Crippen molar-refractivity contribution < 1.29 is 18.2 Å². The maximum Gasteiger partial charge on any atom is 0.695 e. The highest BCUT2D eigenvalue weighted by Crippen LogP contribution is 2.34. The Labute approximate surface area is 161 Å². The molecule has 0 aliphatic heterocycles. The fourth-order valence-electron chi connectivity index (χ4n) is 3.25. The first-order valence-electron chi connectivity index (χ1n) is 8.63. The van der Waals surface area contributed by atoms with Gasteiger partial charge < -0.3 is 4.74 Å². The van der Waals surface area contributed by atoms with Crippen molar-refractivity contribution in [1.82, 2.24) is 0 Å². The molecule has 0 aromatic heterocycles.